The monoisotopic (exact) mass is 557 g/mol. The van der Waals surface area contributed by atoms with Gasteiger partial charge in [-0.3, -0.25) is 24.1 Å². The molecule has 9 nitrogen and oxygen atoms in total. The predicted molar refractivity (Wildman–Crippen MR) is 152 cm³/mol. The van der Waals surface area contributed by atoms with E-state index in [1.54, 1.807) is 59.5 Å². The number of amides is 4. The van der Waals surface area contributed by atoms with Crippen molar-refractivity contribution < 1.29 is 28.7 Å². The highest BCUT2D eigenvalue weighted by Gasteiger charge is 2.37. The van der Waals surface area contributed by atoms with Crippen LogP contribution in [0.3, 0.4) is 0 Å². The number of thioether (sulfide) groups is 1. The molecule has 0 atom stereocenters. The van der Waals surface area contributed by atoms with Crippen LogP contribution >= 0.6 is 11.8 Å². The first-order valence-corrected chi connectivity index (χ1v) is 13.5. The third-order valence-electron chi connectivity index (χ3n) is 6.58. The first kappa shape index (κ1) is 27.0. The fourth-order valence-corrected chi connectivity index (χ4v) is 5.31. The number of rotatable bonds is 8. The van der Waals surface area contributed by atoms with Crippen LogP contribution < -0.4 is 14.8 Å². The predicted octanol–water partition coefficient (Wildman–Crippen LogP) is 4.33. The van der Waals surface area contributed by atoms with Crippen LogP contribution in [0.1, 0.15) is 16.7 Å². The van der Waals surface area contributed by atoms with E-state index in [1.807, 2.05) is 18.2 Å². The van der Waals surface area contributed by atoms with Crippen molar-refractivity contribution in [2.24, 2.45) is 0 Å². The van der Waals surface area contributed by atoms with Crippen LogP contribution in [0.4, 0.5) is 10.5 Å². The summed E-state index contributed by atoms with van der Waals surface area (Å²) in [5.74, 6) is -0.0747. The lowest BCUT2D eigenvalue weighted by Crippen LogP contribution is -2.44. The maximum absolute atomic E-state index is 12.9. The molecule has 10 heteroatoms. The van der Waals surface area contributed by atoms with Gasteiger partial charge < -0.3 is 19.7 Å². The second kappa shape index (κ2) is 12.1. The molecule has 0 bridgehead atoms. The third kappa shape index (κ3) is 6.18. The summed E-state index contributed by atoms with van der Waals surface area (Å²) >= 11 is 0.809. The van der Waals surface area contributed by atoms with E-state index >= 15 is 0 Å². The Balaban J connectivity index is 1.15. The quantitative estimate of drug-likeness (QED) is 0.411. The van der Waals surface area contributed by atoms with Gasteiger partial charge in [-0.25, -0.2) is 0 Å². The minimum Gasteiger partial charge on any atom is -0.495 e. The van der Waals surface area contributed by atoms with Gasteiger partial charge in [0.2, 0.25) is 5.91 Å². The number of carbonyl (C=O) groups excluding carboxylic acids is 4. The molecule has 4 amide bonds. The molecular formula is C30H27N3O6S. The van der Waals surface area contributed by atoms with E-state index in [1.165, 1.54) is 12.7 Å². The van der Waals surface area contributed by atoms with Gasteiger partial charge in [-0.2, -0.15) is 0 Å². The molecule has 2 aliphatic heterocycles. The van der Waals surface area contributed by atoms with Gasteiger partial charge in [0.15, 0.2) is 6.61 Å². The zero-order chi connectivity index (χ0) is 28.1. The number of carbonyl (C=O) groups is 4. The summed E-state index contributed by atoms with van der Waals surface area (Å²) in [4.78, 5) is 53.6. The number of hydrogen-bond acceptors (Lipinski definition) is 7. The van der Waals surface area contributed by atoms with Gasteiger partial charge in [-0.1, -0.05) is 48.5 Å². The molecule has 0 unspecified atom stereocenters. The molecule has 2 aliphatic rings. The second-order valence-corrected chi connectivity index (χ2v) is 10.2. The number of para-hydroxylation sites is 2. The molecule has 3 aromatic rings. The highest BCUT2D eigenvalue weighted by Crippen LogP contribution is 2.33. The SMILES string of the molecule is COc1ccccc1NC(=O)COc1ccc(/C=C2\SC(=O)N(CC(=O)N3CCc4ccccc4C3)C2=O)cc1. The van der Waals surface area contributed by atoms with Crippen LogP contribution in [0.15, 0.2) is 77.7 Å². The molecule has 5 rings (SSSR count). The Morgan fingerprint density at radius 3 is 2.48 bits per heavy atom. The topological polar surface area (TPSA) is 105 Å². The molecule has 1 saturated heterocycles. The molecular weight excluding hydrogens is 530 g/mol. The fourth-order valence-electron chi connectivity index (χ4n) is 4.47. The van der Waals surface area contributed by atoms with Crippen LogP contribution in [0.25, 0.3) is 6.08 Å². The highest BCUT2D eigenvalue weighted by molar-refractivity contribution is 8.18. The Kier molecular flexibility index (Phi) is 8.16. The molecule has 1 fully saturated rings. The first-order valence-electron chi connectivity index (χ1n) is 12.7. The molecule has 0 radical (unpaired) electrons. The minimum absolute atomic E-state index is 0.201. The molecule has 1 N–H and O–H groups in total. The normalized spacial score (nSPS) is 15.7. The van der Waals surface area contributed by atoms with Gasteiger partial charge in [0.05, 0.1) is 17.7 Å². The standard InChI is InChI=1S/C30H27N3O6S/c1-38-25-9-5-4-8-24(25)31-27(34)19-39-23-12-10-20(11-13-23)16-26-29(36)33(30(37)40-26)18-28(35)32-15-14-21-6-2-3-7-22(21)17-32/h2-13,16H,14-15,17-19H2,1H3,(H,31,34)/b26-16-. The Morgan fingerprint density at radius 2 is 1.70 bits per heavy atom. The van der Waals surface area contributed by atoms with Crippen LogP contribution in [-0.4, -0.2) is 59.6 Å². The summed E-state index contributed by atoms with van der Waals surface area (Å²) in [5.41, 5.74) is 3.52. The van der Waals surface area contributed by atoms with E-state index in [0.29, 0.717) is 35.8 Å². The molecule has 0 spiro atoms. The van der Waals surface area contributed by atoms with Crippen molar-refractivity contribution in [3.05, 3.63) is 94.4 Å². The van der Waals surface area contributed by atoms with Gasteiger partial charge in [-0.05, 0) is 65.2 Å². The number of methoxy groups -OCH3 is 1. The van der Waals surface area contributed by atoms with Crippen LogP contribution in [0, 0.1) is 0 Å². The van der Waals surface area contributed by atoms with Crippen LogP contribution in [-0.2, 0) is 27.3 Å². The lowest BCUT2D eigenvalue weighted by Gasteiger charge is -2.29. The molecule has 0 aromatic heterocycles. The first-order chi connectivity index (χ1) is 19.4. The Hall–Kier alpha value is -4.57. The molecule has 2 heterocycles. The molecule has 0 saturated carbocycles. The van der Waals surface area contributed by atoms with Crippen LogP contribution in [0.2, 0.25) is 0 Å². The summed E-state index contributed by atoms with van der Waals surface area (Å²) in [5, 5.41) is 2.27. The Labute approximate surface area is 235 Å². The Bertz CT molecular complexity index is 1490. The number of nitrogens with one attached hydrogen (secondary N) is 1. The van der Waals surface area contributed by atoms with Crippen molar-refractivity contribution in [3.8, 4) is 11.5 Å². The Morgan fingerprint density at radius 1 is 0.975 bits per heavy atom. The van der Waals surface area contributed by atoms with Crippen molar-refractivity contribution in [2.75, 3.05) is 32.1 Å². The summed E-state index contributed by atoms with van der Waals surface area (Å²) < 4.78 is 10.8. The van der Waals surface area contributed by atoms with E-state index < -0.39 is 11.1 Å². The number of hydrogen-bond donors (Lipinski definition) is 1. The largest absolute Gasteiger partial charge is 0.495 e. The van der Waals surface area contributed by atoms with Crippen LogP contribution in [0.5, 0.6) is 11.5 Å². The maximum Gasteiger partial charge on any atom is 0.294 e. The average molecular weight is 558 g/mol. The third-order valence-corrected chi connectivity index (χ3v) is 7.49. The van der Waals surface area contributed by atoms with E-state index in [2.05, 4.69) is 11.4 Å². The molecule has 204 valence electrons. The number of benzene rings is 3. The number of ether oxygens (including phenoxy) is 2. The smallest absolute Gasteiger partial charge is 0.294 e. The molecule has 40 heavy (non-hydrogen) atoms. The van der Waals surface area contributed by atoms with E-state index in [4.69, 9.17) is 9.47 Å². The van der Waals surface area contributed by atoms with Crippen molar-refractivity contribution >= 4 is 46.5 Å². The van der Waals surface area contributed by atoms with E-state index in [0.717, 1.165) is 28.6 Å². The number of nitrogens with zero attached hydrogens (tertiary/aromatic N) is 2. The molecule has 0 aliphatic carbocycles. The van der Waals surface area contributed by atoms with E-state index in [9.17, 15) is 19.2 Å². The molecule has 3 aromatic carbocycles. The lowest BCUT2D eigenvalue weighted by atomic mass is 10.00. The second-order valence-electron chi connectivity index (χ2n) is 9.21. The maximum atomic E-state index is 12.9. The van der Waals surface area contributed by atoms with Gasteiger partial charge >= 0.3 is 0 Å². The van der Waals surface area contributed by atoms with Crippen molar-refractivity contribution in [3.63, 3.8) is 0 Å². The summed E-state index contributed by atoms with van der Waals surface area (Å²) in [7, 11) is 1.53. The number of anilines is 1. The van der Waals surface area contributed by atoms with Crippen molar-refractivity contribution in [2.45, 2.75) is 13.0 Å². The fraction of sp³-hybridized carbons (Fsp3) is 0.200. The average Bonchev–Trinajstić information content (AvgIpc) is 3.23. The van der Waals surface area contributed by atoms with Gasteiger partial charge in [-0.15, -0.1) is 0 Å². The van der Waals surface area contributed by atoms with Crippen molar-refractivity contribution in [1.82, 2.24) is 9.80 Å². The lowest BCUT2D eigenvalue weighted by molar-refractivity contribution is -0.136. The minimum atomic E-state index is -0.492. The summed E-state index contributed by atoms with van der Waals surface area (Å²) in [6.07, 6.45) is 2.35. The zero-order valence-electron chi connectivity index (χ0n) is 21.8. The van der Waals surface area contributed by atoms with Gasteiger partial charge in [0.1, 0.15) is 18.0 Å². The number of fused-ring (bicyclic) bond motifs is 1. The highest BCUT2D eigenvalue weighted by atomic mass is 32.2. The van der Waals surface area contributed by atoms with Gasteiger partial charge in [0, 0.05) is 13.1 Å². The summed E-state index contributed by atoms with van der Waals surface area (Å²) in [6, 6.07) is 21.8. The van der Waals surface area contributed by atoms with Gasteiger partial charge in [0.25, 0.3) is 17.1 Å². The van der Waals surface area contributed by atoms with E-state index in [-0.39, 0.29) is 29.9 Å². The van der Waals surface area contributed by atoms with Crippen molar-refractivity contribution in [1.29, 1.82) is 0 Å². The summed E-state index contributed by atoms with van der Waals surface area (Å²) in [6.45, 7) is 0.539. The number of imide groups is 1. The zero-order valence-corrected chi connectivity index (χ0v) is 22.6.